The molecule has 0 aliphatic heterocycles. The number of hydrogen-bond donors (Lipinski definition) is 2. The Hall–Kier alpha value is -1.38. The minimum Gasteiger partial charge on any atom is -0.497 e. The van der Waals surface area contributed by atoms with Crippen molar-refractivity contribution < 1.29 is 4.74 Å². The summed E-state index contributed by atoms with van der Waals surface area (Å²) in [6.45, 7) is 4.63. The van der Waals surface area contributed by atoms with E-state index in [1.807, 2.05) is 18.2 Å². The quantitative estimate of drug-likeness (QED) is 0.801. The van der Waals surface area contributed by atoms with Crippen molar-refractivity contribution in [1.29, 1.82) is 0 Å². The van der Waals surface area contributed by atoms with Gasteiger partial charge < -0.3 is 15.8 Å². The summed E-state index contributed by atoms with van der Waals surface area (Å²) in [7, 11) is 1.67. The fourth-order valence-corrected chi connectivity index (χ4v) is 3.06. The standard InChI is InChI=1S/C15H24N2O/c1-4-11-5-6-15(10(11)2)17-13-7-12(16)8-14(9-13)18-3/h7-11,15,17H,4-6,16H2,1-3H3. The molecular weight excluding hydrogens is 224 g/mol. The first-order valence-corrected chi connectivity index (χ1v) is 6.85. The Morgan fingerprint density at radius 3 is 2.72 bits per heavy atom. The first kappa shape index (κ1) is 13.1. The average Bonchev–Trinajstić information content (AvgIpc) is 2.70. The summed E-state index contributed by atoms with van der Waals surface area (Å²) in [5, 5.41) is 3.61. The first-order chi connectivity index (χ1) is 8.63. The van der Waals surface area contributed by atoms with E-state index in [0.29, 0.717) is 6.04 Å². The van der Waals surface area contributed by atoms with E-state index < -0.39 is 0 Å². The van der Waals surface area contributed by atoms with Crippen LogP contribution in [0.1, 0.15) is 33.1 Å². The lowest BCUT2D eigenvalue weighted by molar-refractivity contribution is 0.391. The van der Waals surface area contributed by atoms with Crippen molar-refractivity contribution in [3.05, 3.63) is 18.2 Å². The van der Waals surface area contributed by atoms with Crippen molar-refractivity contribution >= 4 is 11.4 Å². The van der Waals surface area contributed by atoms with Gasteiger partial charge in [-0.1, -0.05) is 20.3 Å². The number of nitrogens with one attached hydrogen (secondary N) is 1. The fourth-order valence-electron chi connectivity index (χ4n) is 3.06. The first-order valence-electron chi connectivity index (χ1n) is 6.85. The van der Waals surface area contributed by atoms with Gasteiger partial charge in [0.05, 0.1) is 7.11 Å². The zero-order chi connectivity index (χ0) is 13.1. The minimum absolute atomic E-state index is 0.557. The van der Waals surface area contributed by atoms with E-state index in [9.17, 15) is 0 Å². The van der Waals surface area contributed by atoms with E-state index >= 15 is 0 Å². The van der Waals surface area contributed by atoms with Crippen LogP contribution in [0.4, 0.5) is 11.4 Å². The molecule has 1 aliphatic carbocycles. The van der Waals surface area contributed by atoms with Crippen LogP contribution < -0.4 is 15.8 Å². The number of hydrogen-bond acceptors (Lipinski definition) is 3. The highest BCUT2D eigenvalue weighted by Gasteiger charge is 2.31. The lowest BCUT2D eigenvalue weighted by Crippen LogP contribution is -2.24. The van der Waals surface area contributed by atoms with Gasteiger partial charge in [0.1, 0.15) is 5.75 Å². The monoisotopic (exact) mass is 248 g/mol. The molecule has 3 unspecified atom stereocenters. The summed E-state index contributed by atoms with van der Waals surface area (Å²) < 4.78 is 5.25. The summed E-state index contributed by atoms with van der Waals surface area (Å²) in [6, 6.07) is 6.40. The summed E-state index contributed by atoms with van der Waals surface area (Å²) >= 11 is 0. The van der Waals surface area contributed by atoms with Gasteiger partial charge in [0.25, 0.3) is 0 Å². The second kappa shape index (κ2) is 5.51. The van der Waals surface area contributed by atoms with Crippen molar-refractivity contribution in [2.75, 3.05) is 18.2 Å². The third-order valence-electron chi connectivity index (χ3n) is 4.27. The molecule has 0 heterocycles. The number of anilines is 2. The zero-order valence-electron chi connectivity index (χ0n) is 11.6. The van der Waals surface area contributed by atoms with Crippen LogP contribution >= 0.6 is 0 Å². The summed E-state index contributed by atoms with van der Waals surface area (Å²) in [6.07, 6.45) is 3.85. The fraction of sp³-hybridized carbons (Fsp3) is 0.600. The Kier molecular flexibility index (Phi) is 4.00. The van der Waals surface area contributed by atoms with Gasteiger partial charge in [-0.3, -0.25) is 0 Å². The number of ether oxygens (including phenoxy) is 1. The third kappa shape index (κ3) is 2.71. The largest absolute Gasteiger partial charge is 0.497 e. The normalized spacial score (nSPS) is 27.2. The van der Waals surface area contributed by atoms with E-state index in [0.717, 1.165) is 29.0 Å². The Morgan fingerprint density at radius 2 is 2.11 bits per heavy atom. The number of nitrogens with two attached hydrogens (primary N) is 1. The van der Waals surface area contributed by atoms with Crippen molar-refractivity contribution in [3.8, 4) is 5.75 Å². The number of methoxy groups -OCH3 is 1. The Balaban J connectivity index is 2.08. The Labute approximate surface area is 110 Å². The van der Waals surface area contributed by atoms with Gasteiger partial charge in [-0.2, -0.15) is 0 Å². The van der Waals surface area contributed by atoms with Crippen LogP contribution in [0, 0.1) is 11.8 Å². The zero-order valence-corrected chi connectivity index (χ0v) is 11.6. The van der Waals surface area contributed by atoms with Crippen LogP contribution in [0.25, 0.3) is 0 Å². The van der Waals surface area contributed by atoms with E-state index in [2.05, 4.69) is 19.2 Å². The van der Waals surface area contributed by atoms with Crippen molar-refractivity contribution in [1.82, 2.24) is 0 Å². The number of rotatable bonds is 4. The maximum Gasteiger partial charge on any atom is 0.122 e. The highest BCUT2D eigenvalue weighted by Crippen LogP contribution is 2.36. The summed E-state index contributed by atoms with van der Waals surface area (Å²) in [5.74, 6) is 2.39. The molecule has 0 aromatic heterocycles. The van der Waals surface area contributed by atoms with Gasteiger partial charge in [-0.15, -0.1) is 0 Å². The van der Waals surface area contributed by atoms with E-state index in [4.69, 9.17) is 10.5 Å². The molecule has 1 aromatic carbocycles. The molecule has 3 atom stereocenters. The molecule has 2 rings (SSSR count). The number of benzene rings is 1. The molecule has 18 heavy (non-hydrogen) atoms. The molecule has 100 valence electrons. The smallest absolute Gasteiger partial charge is 0.122 e. The Bertz CT molecular complexity index is 405. The maximum atomic E-state index is 5.88. The predicted octanol–water partition coefficient (Wildman–Crippen LogP) is 3.51. The van der Waals surface area contributed by atoms with Crippen LogP contribution in [-0.2, 0) is 0 Å². The third-order valence-corrected chi connectivity index (χ3v) is 4.27. The topological polar surface area (TPSA) is 47.3 Å². The second-order valence-electron chi connectivity index (χ2n) is 5.35. The van der Waals surface area contributed by atoms with Gasteiger partial charge in [-0.05, 0) is 30.7 Å². The lowest BCUT2D eigenvalue weighted by atomic mass is 9.93. The van der Waals surface area contributed by atoms with Crippen LogP contribution in [0.5, 0.6) is 5.75 Å². The van der Waals surface area contributed by atoms with Crippen LogP contribution in [0.3, 0.4) is 0 Å². The molecular formula is C15H24N2O. The molecule has 0 spiro atoms. The van der Waals surface area contributed by atoms with Crippen molar-refractivity contribution in [2.45, 2.75) is 39.2 Å². The molecule has 3 N–H and O–H groups in total. The van der Waals surface area contributed by atoms with E-state index in [-0.39, 0.29) is 0 Å². The highest BCUT2D eigenvalue weighted by atomic mass is 16.5. The maximum absolute atomic E-state index is 5.88. The summed E-state index contributed by atoms with van der Waals surface area (Å²) in [4.78, 5) is 0. The van der Waals surface area contributed by atoms with Gasteiger partial charge in [-0.25, -0.2) is 0 Å². The molecule has 1 saturated carbocycles. The van der Waals surface area contributed by atoms with Gasteiger partial charge in [0, 0.05) is 29.5 Å². The predicted molar refractivity (Wildman–Crippen MR) is 77.0 cm³/mol. The Morgan fingerprint density at radius 1 is 1.33 bits per heavy atom. The average molecular weight is 248 g/mol. The molecule has 0 bridgehead atoms. The molecule has 3 nitrogen and oxygen atoms in total. The lowest BCUT2D eigenvalue weighted by Gasteiger charge is -2.22. The van der Waals surface area contributed by atoms with Crippen molar-refractivity contribution in [3.63, 3.8) is 0 Å². The number of nitrogen functional groups attached to an aromatic ring is 1. The molecule has 0 amide bonds. The van der Waals surface area contributed by atoms with E-state index in [1.54, 1.807) is 7.11 Å². The molecule has 1 fully saturated rings. The molecule has 0 radical (unpaired) electrons. The van der Waals surface area contributed by atoms with Crippen LogP contribution in [0.2, 0.25) is 0 Å². The van der Waals surface area contributed by atoms with Gasteiger partial charge >= 0.3 is 0 Å². The molecule has 0 saturated heterocycles. The molecule has 3 heteroatoms. The van der Waals surface area contributed by atoms with Crippen LogP contribution in [-0.4, -0.2) is 13.2 Å². The second-order valence-corrected chi connectivity index (χ2v) is 5.35. The summed E-state index contributed by atoms with van der Waals surface area (Å²) in [5.41, 5.74) is 7.69. The highest BCUT2D eigenvalue weighted by molar-refractivity contribution is 5.59. The molecule has 1 aliphatic rings. The van der Waals surface area contributed by atoms with Gasteiger partial charge in [0.2, 0.25) is 0 Å². The van der Waals surface area contributed by atoms with Gasteiger partial charge in [0.15, 0.2) is 0 Å². The SMILES string of the molecule is CCC1CCC(Nc2cc(N)cc(OC)c2)C1C. The minimum atomic E-state index is 0.557. The van der Waals surface area contributed by atoms with Crippen molar-refractivity contribution in [2.24, 2.45) is 11.8 Å². The van der Waals surface area contributed by atoms with Crippen LogP contribution in [0.15, 0.2) is 18.2 Å². The van der Waals surface area contributed by atoms with E-state index in [1.165, 1.54) is 19.3 Å². The molecule has 1 aromatic rings.